The van der Waals surface area contributed by atoms with Crippen LogP contribution in [0.4, 0.5) is 11.4 Å². The summed E-state index contributed by atoms with van der Waals surface area (Å²) < 4.78 is 6.09. The fourth-order valence-electron chi connectivity index (χ4n) is 4.78. The maximum atomic E-state index is 13.6. The number of carbonyl (C=O) groups is 2. The third-order valence-electron chi connectivity index (χ3n) is 6.15. The summed E-state index contributed by atoms with van der Waals surface area (Å²) in [5, 5.41) is 3.54. The lowest BCUT2D eigenvalue weighted by Crippen LogP contribution is -2.39. The summed E-state index contributed by atoms with van der Waals surface area (Å²) in [7, 11) is 0. The number of rotatable bonds is 5. The van der Waals surface area contributed by atoms with Crippen LogP contribution in [0.25, 0.3) is 0 Å². The molecule has 0 spiro atoms. The molecule has 0 fully saturated rings. The summed E-state index contributed by atoms with van der Waals surface area (Å²) >= 11 is 0. The van der Waals surface area contributed by atoms with Gasteiger partial charge in [-0.25, -0.2) is 0 Å². The molecule has 5 heteroatoms. The van der Waals surface area contributed by atoms with Gasteiger partial charge in [0.05, 0.1) is 24.0 Å². The predicted molar refractivity (Wildman–Crippen MR) is 128 cm³/mol. The molecule has 32 heavy (non-hydrogen) atoms. The summed E-state index contributed by atoms with van der Waals surface area (Å²) in [6.07, 6.45) is 2.41. The van der Waals surface area contributed by atoms with Gasteiger partial charge in [0.1, 0.15) is 5.75 Å². The average Bonchev–Trinajstić information content (AvgIpc) is 2.90. The van der Waals surface area contributed by atoms with Crippen molar-refractivity contribution in [3.63, 3.8) is 0 Å². The Balaban J connectivity index is 2.00. The molecule has 5 nitrogen and oxygen atoms in total. The van der Waals surface area contributed by atoms with Gasteiger partial charge in [-0.05, 0) is 36.5 Å². The Morgan fingerprint density at radius 3 is 2.56 bits per heavy atom. The highest BCUT2D eigenvalue weighted by Crippen LogP contribution is 2.49. The van der Waals surface area contributed by atoms with Crippen LogP contribution >= 0.6 is 0 Å². The normalized spacial score (nSPS) is 19.6. The van der Waals surface area contributed by atoms with E-state index in [1.54, 1.807) is 4.90 Å². The number of anilines is 2. The minimum atomic E-state index is -0.537. The van der Waals surface area contributed by atoms with Gasteiger partial charge >= 0.3 is 0 Å². The number of carbonyl (C=O) groups excluding carboxylic acids is 2. The molecule has 0 aromatic heterocycles. The number of hydrogen-bond acceptors (Lipinski definition) is 4. The van der Waals surface area contributed by atoms with Gasteiger partial charge in [0.2, 0.25) is 5.91 Å². The van der Waals surface area contributed by atoms with Crippen molar-refractivity contribution in [1.82, 2.24) is 0 Å². The lowest BCUT2D eigenvalue weighted by Gasteiger charge is -2.37. The fraction of sp³-hybridized carbons (Fsp3) is 0.407. The number of para-hydroxylation sites is 3. The van der Waals surface area contributed by atoms with Crippen LogP contribution in [0.3, 0.4) is 0 Å². The van der Waals surface area contributed by atoms with Crippen LogP contribution in [-0.2, 0) is 9.59 Å². The van der Waals surface area contributed by atoms with E-state index in [-0.39, 0.29) is 17.1 Å². The molecule has 168 valence electrons. The molecule has 2 aromatic carbocycles. The highest BCUT2D eigenvalue weighted by molar-refractivity contribution is 6.06. The molecule has 1 aliphatic heterocycles. The molecule has 1 atom stereocenters. The molecule has 2 aromatic rings. The van der Waals surface area contributed by atoms with Crippen molar-refractivity contribution in [2.45, 2.75) is 59.4 Å². The zero-order valence-corrected chi connectivity index (χ0v) is 19.4. The van der Waals surface area contributed by atoms with Gasteiger partial charge < -0.3 is 10.1 Å². The predicted octanol–water partition coefficient (Wildman–Crippen LogP) is 6.03. The van der Waals surface area contributed by atoms with Crippen LogP contribution in [0, 0.1) is 5.41 Å². The lowest BCUT2D eigenvalue weighted by atomic mass is 9.73. The minimum Gasteiger partial charge on any atom is -0.493 e. The van der Waals surface area contributed by atoms with E-state index in [4.69, 9.17) is 4.74 Å². The van der Waals surface area contributed by atoms with E-state index in [1.807, 2.05) is 55.5 Å². The van der Waals surface area contributed by atoms with Gasteiger partial charge in [0.25, 0.3) is 0 Å². The third-order valence-corrected chi connectivity index (χ3v) is 6.15. The molecular weight excluding hydrogens is 400 g/mol. The van der Waals surface area contributed by atoms with E-state index in [1.165, 1.54) is 0 Å². The molecule has 0 saturated heterocycles. The molecule has 4 rings (SSSR count). The fourth-order valence-corrected chi connectivity index (χ4v) is 4.78. The summed E-state index contributed by atoms with van der Waals surface area (Å²) in [6.45, 7) is 8.74. The number of benzene rings is 2. The van der Waals surface area contributed by atoms with Crippen molar-refractivity contribution < 1.29 is 14.3 Å². The number of allylic oxidation sites excluding steroid dienone is 1. The lowest BCUT2D eigenvalue weighted by molar-refractivity contribution is -0.119. The molecule has 1 N–H and O–H groups in total. The van der Waals surface area contributed by atoms with E-state index < -0.39 is 6.04 Å². The standard InChI is InChI=1S/C27H32N2O3/c1-5-15-32-23-14-10-7-11-18(23)26-25-20(16-27(3,4)17-22(25)30)28-19-12-8-9-13-21(19)29(26)24(31)6-2/h7-14,26,28H,5-6,15-17H2,1-4H3. The van der Waals surface area contributed by atoms with E-state index in [9.17, 15) is 9.59 Å². The van der Waals surface area contributed by atoms with E-state index in [0.717, 1.165) is 41.2 Å². The zero-order chi connectivity index (χ0) is 22.9. The second-order valence-electron chi connectivity index (χ2n) is 9.38. The van der Waals surface area contributed by atoms with Crippen LogP contribution in [0.5, 0.6) is 5.75 Å². The van der Waals surface area contributed by atoms with Gasteiger partial charge in [0.15, 0.2) is 5.78 Å². The Kier molecular flexibility index (Phi) is 6.09. The number of ketones is 1. The molecule has 1 heterocycles. The first-order valence-corrected chi connectivity index (χ1v) is 11.5. The van der Waals surface area contributed by atoms with E-state index >= 15 is 0 Å². The Bertz CT molecular complexity index is 1070. The molecular formula is C27H32N2O3. The molecule has 1 amide bonds. The van der Waals surface area contributed by atoms with Crippen molar-refractivity contribution >= 4 is 23.1 Å². The summed E-state index contributed by atoms with van der Waals surface area (Å²) in [5.74, 6) is 0.777. The van der Waals surface area contributed by atoms with Crippen LogP contribution < -0.4 is 15.0 Å². The first kappa shape index (κ1) is 22.1. The molecule has 2 aliphatic rings. The van der Waals surface area contributed by atoms with Gasteiger partial charge in [0, 0.05) is 29.7 Å². The van der Waals surface area contributed by atoms with Crippen LogP contribution in [0.15, 0.2) is 59.8 Å². The van der Waals surface area contributed by atoms with Crippen molar-refractivity contribution in [2.24, 2.45) is 5.41 Å². The summed E-state index contributed by atoms with van der Waals surface area (Å²) in [6, 6.07) is 15.1. The molecule has 0 bridgehead atoms. The van der Waals surface area contributed by atoms with Crippen LogP contribution in [0.1, 0.15) is 65.0 Å². The van der Waals surface area contributed by atoms with Crippen molar-refractivity contribution in [1.29, 1.82) is 0 Å². The van der Waals surface area contributed by atoms with Crippen LogP contribution in [-0.4, -0.2) is 18.3 Å². The second kappa shape index (κ2) is 8.81. The second-order valence-corrected chi connectivity index (χ2v) is 9.38. The average molecular weight is 433 g/mol. The summed E-state index contributed by atoms with van der Waals surface area (Å²) in [4.78, 5) is 28.9. The van der Waals surface area contributed by atoms with E-state index in [0.29, 0.717) is 25.0 Å². The smallest absolute Gasteiger partial charge is 0.227 e. The number of nitrogens with zero attached hydrogens (tertiary/aromatic N) is 1. The van der Waals surface area contributed by atoms with Gasteiger partial charge in [-0.2, -0.15) is 0 Å². The first-order valence-electron chi connectivity index (χ1n) is 11.5. The summed E-state index contributed by atoms with van der Waals surface area (Å²) in [5.41, 5.74) is 3.92. The number of nitrogens with one attached hydrogen (secondary N) is 1. The Labute approximate surface area is 190 Å². The molecule has 0 radical (unpaired) electrons. The highest BCUT2D eigenvalue weighted by Gasteiger charge is 2.43. The molecule has 1 aliphatic carbocycles. The third kappa shape index (κ3) is 4.04. The molecule has 1 unspecified atom stereocenters. The number of amides is 1. The zero-order valence-electron chi connectivity index (χ0n) is 19.4. The maximum absolute atomic E-state index is 13.6. The van der Waals surface area contributed by atoms with Crippen molar-refractivity contribution in [2.75, 3.05) is 16.8 Å². The van der Waals surface area contributed by atoms with Crippen LogP contribution in [0.2, 0.25) is 0 Å². The van der Waals surface area contributed by atoms with E-state index in [2.05, 4.69) is 26.1 Å². The first-order chi connectivity index (χ1) is 15.4. The highest BCUT2D eigenvalue weighted by atomic mass is 16.5. The van der Waals surface area contributed by atoms with Crippen molar-refractivity contribution in [3.8, 4) is 5.75 Å². The minimum absolute atomic E-state index is 0.0269. The Morgan fingerprint density at radius 2 is 1.81 bits per heavy atom. The number of hydrogen-bond donors (Lipinski definition) is 1. The van der Waals surface area contributed by atoms with Gasteiger partial charge in [-0.3, -0.25) is 14.5 Å². The Morgan fingerprint density at radius 1 is 1.09 bits per heavy atom. The monoisotopic (exact) mass is 432 g/mol. The largest absolute Gasteiger partial charge is 0.493 e. The SMILES string of the molecule is CCCOc1ccccc1C1C2=C(CC(C)(C)CC2=O)Nc2ccccc2N1C(=O)CC. The molecule has 0 saturated carbocycles. The van der Waals surface area contributed by atoms with Gasteiger partial charge in [-0.1, -0.05) is 58.0 Å². The number of Topliss-reactive ketones (excluding diaryl/α,β-unsaturated/α-hetero) is 1. The topological polar surface area (TPSA) is 58.6 Å². The quantitative estimate of drug-likeness (QED) is 0.627. The van der Waals surface area contributed by atoms with Gasteiger partial charge in [-0.15, -0.1) is 0 Å². The number of fused-ring (bicyclic) bond motifs is 1. The number of ether oxygens (including phenoxy) is 1. The van der Waals surface area contributed by atoms with Crippen molar-refractivity contribution in [3.05, 3.63) is 65.4 Å². The maximum Gasteiger partial charge on any atom is 0.227 e. The Hall–Kier alpha value is -3.08.